The molecule has 0 aliphatic heterocycles. The summed E-state index contributed by atoms with van der Waals surface area (Å²) in [6, 6.07) is 9.45. The summed E-state index contributed by atoms with van der Waals surface area (Å²) in [6.45, 7) is 2.72. The van der Waals surface area contributed by atoms with Crippen molar-refractivity contribution in [3.8, 4) is 0 Å². The molecule has 0 saturated carbocycles. The van der Waals surface area contributed by atoms with Crippen LogP contribution in [0.15, 0.2) is 48.9 Å². The molecule has 20 heavy (non-hydrogen) atoms. The van der Waals surface area contributed by atoms with Crippen LogP contribution in [0.4, 0.5) is 0 Å². The number of nitrogens with zero attached hydrogens (tertiary/aromatic N) is 3. The van der Waals surface area contributed by atoms with E-state index in [9.17, 15) is 4.79 Å². The molecule has 0 amide bonds. The van der Waals surface area contributed by atoms with Gasteiger partial charge in [-0.25, -0.2) is 9.78 Å². The minimum atomic E-state index is -0.304. The summed E-state index contributed by atoms with van der Waals surface area (Å²) in [4.78, 5) is 16.3. The maximum atomic E-state index is 11.8. The summed E-state index contributed by atoms with van der Waals surface area (Å²) in [7, 11) is 0. The molecule has 0 aromatic carbocycles. The van der Waals surface area contributed by atoms with Crippen molar-refractivity contribution >= 4 is 11.6 Å². The van der Waals surface area contributed by atoms with Gasteiger partial charge in [0.25, 0.3) is 0 Å². The molecule has 0 aliphatic rings. The fraction of sp³-hybridized carbons (Fsp3) is 0.200. The Morgan fingerprint density at radius 2 is 2.15 bits per heavy atom. The standard InChI is InChI=1S/C15H15N3O2/c1-2-20-15(19)13-6-5-9-17(13)10-12-11-18-8-4-3-7-14(18)16-12/h3-9,11H,2,10H2,1H3. The van der Waals surface area contributed by atoms with E-state index in [2.05, 4.69) is 4.98 Å². The van der Waals surface area contributed by atoms with Crippen LogP contribution < -0.4 is 0 Å². The quantitative estimate of drug-likeness (QED) is 0.683. The van der Waals surface area contributed by atoms with Crippen LogP contribution in [0.5, 0.6) is 0 Å². The molecule has 0 atom stereocenters. The summed E-state index contributed by atoms with van der Waals surface area (Å²) in [5.74, 6) is -0.304. The third kappa shape index (κ3) is 2.30. The largest absolute Gasteiger partial charge is 0.461 e. The van der Waals surface area contributed by atoms with Crippen LogP contribution in [0.2, 0.25) is 0 Å². The SMILES string of the molecule is CCOC(=O)c1cccn1Cc1cn2ccccc2n1. The maximum Gasteiger partial charge on any atom is 0.354 e. The fourth-order valence-electron chi connectivity index (χ4n) is 2.18. The van der Waals surface area contributed by atoms with E-state index in [1.165, 1.54) is 0 Å². The number of imidazole rings is 1. The molecule has 5 nitrogen and oxygen atoms in total. The van der Waals surface area contributed by atoms with E-state index in [4.69, 9.17) is 4.74 Å². The first kappa shape index (κ1) is 12.5. The van der Waals surface area contributed by atoms with Crippen LogP contribution in [0.1, 0.15) is 23.1 Å². The molecular formula is C15H15N3O2. The molecule has 0 radical (unpaired) electrons. The highest BCUT2D eigenvalue weighted by Crippen LogP contribution is 2.10. The molecule has 0 fully saturated rings. The Balaban J connectivity index is 1.87. The minimum absolute atomic E-state index is 0.304. The topological polar surface area (TPSA) is 48.5 Å². The van der Waals surface area contributed by atoms with Crippen molar-refractivity contribution in [2.45, 2.75) is 13.5 Å². The van der Waals surface area contributed by atoms with Crippen molar-refractivity contribution in [3.63, 3.8) is 0 Å². The predicted molar refractivity (Wildman–Crippen MR) is 74.7 cm³/mol. The average molecular weight is 269 g/mol. The van der Waals surface area contributed by atoms with Crippen LogP contribution >= 0.6 is 0 Å². The Labute approximate surface area is 116 Å². The first-order valence-corrected chi connectivity index (χ1v) is 6.53. The number of hydrogen-bond donors (Lipinski definition) is 0. The number of rotatable bonds is 4. The van der Waals surface area contributed by atoms with E-state index < -0.39 is 0 Å². The van der Waals surface area contributed by atoms with Crippen molar-refractivity contribution in [2.24, 2.45) is 0 Å². The zero-order valence-electron chi connectivity index (χ0n) is 11.2. The van der Waals surface area contributed by atoms with E-state index in [0.717, 1.165) is 11.3 Å². The van der Waals surface area contributed by atoms with Crippen LogP contribution in [0.3, 0.4) is 0 Å². The van der Waals surface area contributed by atoms with Gasteiger partial charge in [-0.15, -0.1) is 0 Å². The number of ether oxygens (including phenoxy) is 1. The molecule has 0 aliphatic carbocycles. The fourth-order valence-corrected chi connectivity index (χ4v) is 2.18. The first-order chi connectivity index (χ1) is 9.78. The van der Waals surface area contributed by atoms with Gasteiger partial charge in [0.2, 0.25) is 0 Å². The summed E-state index contributed by atoms with van der Waals surface area (Å²) in [6.07, 6.45) is 5.77. The number of carbonyl (C=O) groups excluding carboxylic acids is 1. The summed E-state index contributed by atoms with van der Waals surface area (Å²) in [5, 5.41) is 0. The van der Waals surface area contributed by atoms with Crippen LogP contribution in [-0.4, -0.2) is 26.5 Å². The van der Waals surface area contributed by atoms with E-state index in [1.54, 1.807) is 13.0 Å². The highest BCUT2D eigenvalue weighted by molar-refractivity contribution is 5.87. The van der Waals surface area contributed by atoms with Crippen molar-refractivity contribution in [3.05, 3.63) is 60.3 Å². The molecule has 3 heterocycles. The second-order valence-electron chi connectivity index (χ2n) is 4.44. The van der Waals surface area contributed by atoms with E-state index >= 15 is 0 Å². The Bertz CT molecular complexity index is 709. The van der Waals surface area contributed by atoms with Gasteiger partial charge < -0.3 is 13.7 Å². The number of pyridine rings is 1. The van der Waals surface area contributed by atoms with Crippen molar-refractivity contribution in [2.75, 3.05) is 6.61 Å². The Morgan fingerprint density at radius 1 is 1.25 bits per heavy atom. The lowest BCUT2D eigenvalue weighted by molar-refractivity contribution is 0.0514. The van der Waals surface area contributed by atoms with Crippen molar-refractivity contribution in [1.29, 1.82) is 0 Å². The van der Waals surface area contributed by atoms with Gasteiger partial charge in [0.05, 0.1) is 18.8 Å². The molecule has 3 rings (SSSR count). The van der Waals surface area contributed by atoms with Crippen molar-refractivity contribution < 1.29 is 9.53 Å². The predicted octanol–water partition coefficient (Wildman–Crippen LogP) is 2.36. The highest BCUT2D eigenvalue weighted by Gasteiger charge is 2.12. The van der Waals surface area contributed by atoms with Gasteiger partial charge in [-0.2, -0.15) is 0 Å². The lowest BCUT2D eigenvalue weighted by atomic mass is 10.4. The van der Waals surface area contributed by atoms with Crippen LogP contribution in [0, 0.1) is 0 Å². The Kier molecular flexibility index (Phi) is 3.25. The van der Waals surface area contributed by atoms with E-state index in [1.807, 2.05) is 51.8 Å². The van der Waals surface area contributed by atoms with Crippen LogP contribution in [0.25, 0.3) is 5.65 Å². The molecule has 0 saturated heterocycles. The minimum Gasteiger partial charge on any atom is -0.461 e. The van der Waals surface area contributed by atoms with Gasteiger partial charge in [0.15, 0.2) is 0 Å². The van der Waals surface area contributed by atoms with Crippen molar-refractivity contribution in [1.82, 2.24) is 14.0 Å². The van der Waals surface area contributed by atoms with Crippen LogP contribution in [-0.2, 0) is 11.3 Å². The number of hydrogen-bond acceptors (Lipinski definition) is 3. The smallest absolute Gasteiger partial charge is 0.354 e. The van der Waals surface area contributed by atoms with Gasteiger partial charge in [-0.3, -0.25) is 0 Å². The Hall–Kier alpha value is -2.56. The maximum absolute atomic E-state index is 11.8. The van der Waals surface area contributed by atoms with Gasteiger partial charge in [-0.05, 0) is 31.2 Å². The third-order valence-corrected chi connectivity index (χ3v) is 3.06. The average Bonchev–Trinajstić information content (AvgIpc) is 3.05. The van der Waals surface area contributed by atoms with Gasteiger partial charge in [-0.1, -0.05) is 6.07 Å². The van der Waals surface area contributed by atoms with Gasteiger partial charge >= 0.3 is 5.97 Å². The summed E-state index contributed by atoms with van der Waals surface area (Å²) in [5.41, 5.74) is 2.34. The number of esters is 1. The lowest BCUT2D eigenvalue weighted by Gasteiger charge is -2.06. The molecule has 0 unspecified atom stereocenters. The molecule has 102 valence electrons. The van der Waals surface area contributed by atoms with E-state index in [-0.39, 0.29) is 5.97 Å². The molecular weight excluding hydrogens is 254 g/mol. The summed E-state index contributed by atoms with van der Waals surface area (Å²) >= 11 is 0. The third-order valence-electron chi connectivity index (χ3n) is 3.06. The first-order valence-electron chi connectivity index (χ1n) is 6.53. The molecule has 0 spiro atoms. The lowest BCUT2D eigenvalue weighted by Crippen LogP contribution is -2.12. The number of aromatic nitrogens is 3. The molecule has 0 N–H and O–H groups in total. The van der Waals surface area contributed by atoms with Gasteiger partial charge in [0, 0.05) is 18.6 Å². The van der Waals surface area contributed by atoms with E-state index in [0.29, 0.717) is 18.8 Å². The second kappa shape index (κ2) is 5.21. The van der Waals surface area contributed by atoms with Gasteiger partial charge in [0.1, 0.15) is 11.3 Å². The normalized spacial score (nSPS) is 10.8. The summed E-state index contributed by atoms with van der Waals surface area (Å²) < 4.78 is 8.85. The molecule has 5 heteroatoms. The Morgan fingerprint density at radius 3 is 2.95 bits per heavy atom. The molecule has 3 aromatic rings. The molecule has 0 bridgehead atoms. The second-order valence-corrected chi connectivity index (χ2v) is 4.44. The zero-order valence-corrected chi connectivity index (χ0v) is 11.2. The monoisotopic (exact) mass is 269 g/mol. The highest BCUT2D eigenvalue weighted by atomic mass is 16.5. The number of fused-ring (bicyclic) bond motifs is 1. The molecule has 3 aromatic heterocycles. The number of carbonyl (C=O) groups is 1. The zero-order chi connectivity index (χ0) is 13.9.